The van der Waals surface area contributed by atoms with E-state index in [4.69, 9.17) is 0 Å². The zero-order valence-electron chi connectivity index (χ0n) is 17.4. The second kappa shape index (κ2) is 26.8. The van der Waals surface area contributed by atoms with Crippen molar-refractivity contribution in [3.8, 4) is 0 Å². The number of hydrogen-bond acceptors (Lipinski definition) is 4. The number of carboxylic acid groups (broad SMARTS) is 2. The van der Waals surface area contributed by atoms with Gasteiger partial charge in [0.25, 0.3) is 0 Å². The van der Waals surface area contributed by atoms with Crippen LogP contribution in [0, 0.1) is 0 Å². The van der Waals surface area contributed by atoms with E-state index < -0.39 is 11.9 Å². The summed E-state index contributed by atoms with van der Waals surface area (Å²) in [5.41, 5.74) is 0. The molecule has 150 valence electrons. The Morgan fingerprint density at radius 1 is 0.538 bits per heavy atom. The van der Waals surface area contributed by atoms with Gasteiger partial charge in [0, 0.05) is 11.9 Å². The van der Waals surface area contributed by atoms with Crippen LogP contribution < -0.4 is 10.2 Å². The number of carbonyl (C=O) groups excluding carboxylic acids is 2. The molecule has 4 nitrogen and oxygen atoms in total. The first-order valence-corrected chi connectivity index (χ1v) is 10.4. The van der Waals surface area contributed by atoms with Crippen molar-refractivity contribution in [2.45, 2.75) is 123 Å². The smallest absolute Gasteiger partial charge is 0.550 e. The number of unbranched alkanes of at least 4 members (excludes halogenated alkanes) is 14. The molecule has 0 radical (unpaired) electrons. The van der Waals surface area contributed by atoms with E-state index in [1.165, 1.54) is 90.4 Å². The minimum absolute atomic E-state index is 0. The van der Waals surface area contributed by atoms with E-state index >= 15 is 0 Å². The molecular weight excluding hydrogens is 382 g/mol. The fraction of sp³-hybridized carbons (Fsp3) is 0.905. The van der Waals surface area contributed by atoms with Crippen LogP contribution in [-0.2, 0) is 29.1 Å². The summed E-state index contributed by atoms with van der Waals surface area (Å²) in [5, 5.41) is 19.5. The summed E-state index contributed by atoms with van der Waals surface area (Å²) in [6.45, 7) is 3.80. The molecule has 0 aromatic carbocycles. The number of rotatable bonds is 17. The van der Waals surface area contributed by atoms with Gasteiger partial charge < -0.3 is 19.8 Å². The minimum atomic E-state index is -0.995. The average Bonchev–Trinajstić information content (AvgIpc) is 2.58. The molecule has 0 spiro atoms. The molecule has 0 bridgehead atoms. The van der Waals surface area contributed by atoms with Crippen molar-refractivity contribution in [1.82, 2.24) is 0 Å². The predicted molar refractivity (Wildman–Crippen MR) is 99.9 cm³/mol. The van der Waals surface area contributed by atoms with Crippen LogP contribution in [0.5, 0.6) is 0 Å². The van der Waals surface area contributed by atoms with Crippen LogP contribution in [0.1, 0.15) is 123 Å². The summed E-state index contributed by atoms with van der Waals surface area (Å²) in [6, 6.07) is 0. The van der Waals surface area contributed by atoms with E-state index in [1.807, 2.05) is 0 Å². The molecule has 0 N–H and O–H groups in total. The molecule has 26 heavy (non-hydrogen) atoms. The largest absolute Gasteiger partial charge is 2.00 e. The number of aliphatic carboxylic acids is 2. The van der Waals surface area contributed by atoms with E-state index in [0.29, 0.717) is 0 Å². The zero-order chi connectivity index (χ0) is 19.2. The van der Waals surface area contributed by atoms with Crippen LogP contribution in [0.3, 0.4) is 0 Å². The van der Waals surface area contributed by atoms with Crippen molar-refractivity contribution in [1.29, 1.82) is 0 Å². The Morgan fingerprint density at radius 2 is 0.808 bits per heavy atom. The number of carbonyl (C=O) groups is 2. The third-order valence-electron chi connectivity index (χ3n) is 4.27. The fourth-order valence-corrected chi connectivity index (χ4v) is 2.64. The fourth-order valence-electron chi connectivity index (χ4n) is 2.64. The van der Waals surface area contributed by atoms with Gasteiger partial charge in [-0.2, -0.15) is 0 Å². The summed E-state index contributed by atoms with van der Waals surface area (Å²) in [6.07, 6.45) is 20.0. The topological polar surface area (TPSA) is 80.3 Å². The molecule has 5 heteroatoms. The maximum atomic E-state index is 10.2. The van der Waals surface area contributed by atoms with Gasteiger partial charge in [0.15, 0.2) is 0 Å². The summed E-state index contributed by atoms with van der Waals surface area (Å²) < 4.78 is 0. The number of hydrogen-bond donors (Lipinski definition) is 0. The molecule has 0 rings (SSSR count). The third kappa shape index (κ3) is 34.8. The molecule has 0 unspecified atom stereocenters. The molecule has 0 aliphatic heterocycles. The standard InChI is InChI=1S/C18H36O2.C3H6O2.Zn/c1-2-3-4-5-6-7-8-9-10-11-12-13-14-15-16-17-18(19)20;1-2-3(4)5;/h2-17H2,1H3,(H,19,20);2H2,1H3,(H,4,5);/q;;+2/p-2. The predicted octanol–water partition coefficient (Wildman–Crippen LogP) is 4.14. The maximum absolute atomic E-state index is 10.2. The zero-order valence-corrected chi connectivity index (χ0v) is 20.3. The Kier molecular flexibility index (Phi) is 31.2. The second-order valence-electron chi connectivity index (χ2n) is 6.80. The monoisotopic (exact) mass is 420 g/mol. The summed E-state index contributed by atoms with van der Waals surface area (Å²) >= 11 is 0. The molecule has 0 aliphatic rings. The van der Waals surface area contributed by atoms with Gasteiger partial charge in [-0.05, 0) is 19.3 Å². The molecule has 0 aliphatic carbocycles. The van der Waals surface area contributed by atoms with Gasteiger partial charge in [0.2, 0.25) is 0 Å². The third-order valence-corrected chi connectivity index (χ3v) is 4.27. The van der Waals surface area contributed by atoms with Crippen molar-refractivity contribution >= 4 is 11.9 Å². The van der Waals surface area contributed by atoms with Gasteiger partial charge in [-0.25, -0.2) is 0 Å². The molecule has 0 aromatic rings. The van der Waals surface area contributed by atoms with Gasteiger partial charge in [-0.1, -0.05) is 104 Å². The van der Waals surface area contributed by atoms with E-state index in [2.05, 4.69) is 6.92 Å². The van der Waals surface area contributed by atoms with E-state index in [1.54, 1.807) is 0 Å². The van der Waals surface area contributed by atoms with Crippen LogP contribution in [0.25, 0.3) is 0 Å². The van der Waals surface area contributed by atoms with Crippen molar-refractivity contribution in [3.05, 3.63) is 0 Å². The Morgan fingerprint density at radius 3 is 1.04 bits per heavy atom. The molecule has 0 heterocycles. The van der Waals surface area contributed by atoms with Crippen molar-refractivity contribution < 1.29 is 39.3 Å². The van der Waals surface area contributed by atoms with Crippen molar-refractivity contribution in [3.63, 3.8) is 0 Å². The molecule has 0 amide bonds. The first-order valence-electron chi connectivity index (χ1n) is 10.4. The molecule has 0 saturated heterocycles. The van der Waals surface area contributed by atoms with E-state index in [9.17, 15) is 19.8 Å². The Bertz CT molecular complexity index is 296. The summed E-state index contributed by atoms with van der Waals surface area (Å²) in [4.78, 5) is 19.5. The summed E-state index contributed by atoms with van der Waals surface area (Å²) in [7, 11) is 0. The Hall–Kier alpha value is -0.437. The van der Waals surface area contributed by atoms with E-state index in [0.717, 1.165) is 12.8 Å². The van der Waals surface area contributed by atoms with Gasteiger partial charge in [-0.3, -0.25) is 0 Å². The first-order chi connectivity index (χ1) is 12.0. The SMILES string of the molecule is CCC(=O)[O-].CCCCCCCCCCCCCCCCCC(=O)[O-].[Zn+2]. The van der Waals surface area contributed by atoms with E-state index in [-0.39, 0.29) is 32.3 Å². The van der Waals surface area contributed by atoms with Gasteiger partial charge >= 0.3 is 19.5 Å². The van der Waals surface area contributed by atoms with Crippen LogP contribution in [0.15, 0.2) is 0 Å². The van der Waals surface area contributed by atoms with Gasteiger partial charge in [0.1, 0.15) is 0 Å². The molecule has 0 fully saturated rings. The van der Waals surface area contributed by atoms with Crippen LogP contribution in [0.4, 0.5) is 0 Å². The maximum Gasteiger partial charge on any atom is 2.00 e. The first kappa shape index (κ1) is 30.3. The van der Waals surface area contributed by atoms with Crippen LogP contribution in [-0.4, -0.2) is 11.9 Å². The molecular formula is C21H40O4Zn. The molecule has 0 saturated carbocycles. The van der Waals surface area contributed by atoms with Gasteiger partial charge in [0.05, 0.1) is 0 Å². The van der Waals surface area contributed by atoms with Crippen LogP contribution >= 0.6 is 0 Å². The molecule has 0 atom stereocenters. The second-order valence-corrected chi connectivity index (χ2v) is 6.80. The quantitative estimate of drug-likeness (QED) is 0.261. The van der Waals surface area contributed by atoms with Crippen molar-refractivity contribution in [2.75, 3.05) is 0 Å². The van der Waals surface area contributed by atoms with Gasteiger partial charge in [-0.15, -0.1) is 0 Å². The van der Waals surface area contributed by atoms with Crippen LogP contribution in [0.2, 0.25) is 0 Å². The normalized spacial score (nSPS) is 9.77. The molecule has 0 aromatic heterocycles. The summed E-state index contributed by atoms with van der Waals surface area (Å²) in [5.74, 6) is -1.90. The Labute approximate surface area is 174 Å². The Balaban J connectivity index is -0.000000772. The number of carboxylic acids is 2. The average molecular weight is 422 g/mol. The minimum Gasteiger partial charge on any atom is -0.550 e. The van der Waals surface area contributed by atoms with Crippen molar-refractivity contribution in [2.24, 2.45) is 0 Å².